The summed E-state index contributed by atoms with van der Waals surface area (Å²) in [6.07, 6.45) is 4.82. The molecule has 1 aromatic heterocycles. The summed E-state index contributed by atoms with van der Waals surface area (Å²) in [6.45, 7) is 5.11. The highest BCUT2D eigenvalue weighted by Gasteiger charge is 2.23. The minimum atomic E-state index is 0.223. The van der Waals surface area contributed by atoms with Gasteiger partial charge in [0.2, 0.25) is 0 Å². The molecule has 0 aliphatic heterocycles. The summed E-state index contributed by atoms with van der Waals surface area (Å²) in [5.74, 6) is 0.979. The van der Waals surface area contributed by atoms with Gasteiger partial charge in [-0.3, -0.25) is 0 Å². The van der Waals surface area contributed by atoms with Gasteiger partial charge in [0.1, 0.15) is 5.75 Å². The van der Waals surface area contributed by atoms with Crippen molar-refractivity contribution in [1.82, 2.24) is 10.3 Å². The molecule has 1 aliphatic rings. The van der Waals surface area contributed by atoms with Crippen LogP contribution in [-0.2, 0) is 0 Å². The van der Waals surface area contributed by atoms with Crippen LogP contribution in [0, 0.1) is 6.92 Å². The van der Waals surface area contributed by atoms with E-state index in [4.69, 9.17) is 4.74 Å². The zero-order chi connectivity index (χ0) is 13.9. The average molecular weight is 288 g/mol. The summed E-state index contributed by atoms with van der Waals surface area (Å²) < 4.78 is 5.80. The Kier molecular flexibility index (Phi) is 4.03. The number of thiazole rings is 1. The average Bonchev–Trinajstić information content (AvgIpc) is 3.17. The third-order valence-electron chi connectivity index (χ3n) is 3.37. The number of nitrogens with one attached hydrogen (secondary N) is 1. The fraction of sp³-hybridized carbons (Fsp3) is 0.438. The van der Waals surface area contributed by atoms with Crippen molar-refractivity contribution in [3.05, 3.63) is 45.9 Å². The molecule has 106 valence electrons. The fourth-order valence-corrected chi connectivity index (χ4v) is 3.10. The Hall–Kier alpha value is -1.39. The Morgan fingerprint density at radius 2 is 2.10 bits per heavy atom. The lowest BCUT2D eigenvalue weighted by atomic mass is 10.1. The Labute approximate surface area is 124 Å². The van der Waals surface area contributed by atoms with Gasteiger partial charge >= 0.3 is 0 Å². The second-order valence-corrected chi connectivity index (χ2v) is 6.42. The van der Waals surface area contributed by atoms with E-state index in [0.29, 0.717) is 6.10 Å². The van der Waals surface area contributed by atoms with Gasteiger partial charge in [0.15, 0.2) is 0 Å². The van der Waals surface area contributed by atoms with Gasteiger partial charge < -0.3 is 10.1 Å². The number of hydrogen-bond donors (Lipinski definition) is 1. The standard InChI is InChI=1S/C16H20N2OS/c1-3-17-16(15-10-18-11(2)20-15)12-4-6-13(7-5-12)19-14-8-9-14/h4-7,10,14,16-17H,3,8-9H2,1-2H3. The maximum absolute atomic E-state index is 5.80. The van der Waals surface area contributed by atoms with Crippen molar-refractivity contribution in [2.45, 2.75) is 38.8 Å². The molecule has 1 aliphatic carbocycles. The van der Waals surface area contributed by atoms with Crippen LogP contribution in [0.2, 0.25) is 0 Å². The Bertz CT molecular complexity index is 560. The smallest absolute Gasteiger partial charge is 0.119 e. The summed E-state index contributed by atoms with van der Waals surface area (Å²) in [4.78, 5) is 5.63. The van der Waals surface area contributed by atoms with E-state index in [1.807, 2.05) is 13.1 Å². The molecular formula is C16H20N2OS. The lowest BCUT2D eigenvalue weighted by Gasteiger charge is -2.17. The van der Waals surface area contributed by atoms with Crippen LogP contribution in [0.1, 0.15) is 41.3 Å². The van der Waals surface area contributed by atoms with E-state index in [-0.39, 0.29) is 6.04 Å². The fourth-order valence-electron chi connectivity index (χ4n) is 2.22. The lowest BCUT2D eigenvalue weighted by molar-refractivity contribution is 0.303. The van der Waals surface area contributed by atoms with Gasteiger partial charge in [-0.15, -0.1) is 11.3 Å². The minimum Gasteiger partial charge on any atom is -0.490 e. The number of aromatic nitrogens is 1. The van der Waals surface area contributed by atoms with Crippen molar-refractivity contribution in [1.29, 1.82) is 0 Å². The second-order valence-electron chi connectivity index (χ2n) is 5.16. The summed E-state index contributed by atoms with van der Waals surface area (Å²) in [5.41, 5.74) is 1.26. The SMILES string of the molecule is CCNC(c1ccc(OC2CC2)cc1)c1cnc(C)s1. The largest absolute Gasteiger partial charge is 0.490 e. The summed E-state index contributed by atoms with van der Waals surface area (Å²) in [6, 6.07) is 8.68. The normalized spacial score (nSPS) is 16.1. The third-order valence-corrected chi connectivity index (χ3v) is 4.35. The molecule has 3 nitrogen and oxygen atoms in total. The quantitative estimate of drug-likeness (QED) is 0.880. The molecule has 20 heavy (non-hydrogen) atoms. The van der Waals surface area contributed by atoms with Crippen LogP contribution in [0.25, 0.3) is 0 Å². The number of hydrogen-bond acceptors (Lipinski definition) is 4. The molecular weight excluding hydrogens is 268 g/mol. The molecule has 1 fully saturated rings. The number of ether oxygens (including phenoxy) is 1. The third kappa shape index (κ3) is 3.19. The van der Waals surface area contributed by atoms with Crippen LogP contribution < -0.4 is 10.1 Å². The molecule has 1 N–H and O–H groups in total. The highest BCUT2D eigenvalue weighted by Crippen LogP contribution is 2.30. The maximum atomic E-state index is 5.80. The van der Waals surface area contributed by atoms with E-state index < -0.39 is 0 Å². The van der Waals surface area contributed by atoms with Crippen LogP contribution in [0.15, 0.2) is 30.5 Å². The minimum absolute atomic E-state index is 0.223. The molecule has 0 radical (unpaired) electrons. The first-order valence-corrected chi connectivity index (χ1v) is 8.00. The summed E-state index contributed by atoms with van der Waals surface area (Å²) in [5, 5.41) is 4.64. The molecule has 1 unspecified atom stereocenters. The van der Waals surface area contributed by atoms with Crippen molar-refractivity contribution < 1.29 is 4.74 Å². The van der Waals surface area contributed by atoms with Crippen LogP contribution in [0.5, 0.6) is 5.75 Å². The summed E-state index contributed by atoms with van der Waals surface area (Å²) >= 11 is 1.75. The topological polar surface area (TPSA) is 34.1 Å². The van der Waals surface area contributed by atoms with Crippen LogP contribution in [0.3, 0.4) is 0 Å². The van der Waals surface area contributed by atoms with Crippen LogP contribution in [-0.4, -0.2) is 17.6 Å². The van der Waals surface area contributed by atoms with E-state index in [0.717, 1.165) is 17.3 Å². The molecule has 1 saturated carbocycles. The Balaban J connectivity index is 1.79. The van der Waals surface area contributed by atoms with Crippen molar-refractivity contribution in [2.24, 2.45) is 0 Å². The highest BCUT2D eigenvalue weighted by molar-refractivity contribution is 7.11. The molecule has 1 aromatic carbocycles. The number of rotatable bonds is 6. The van der Waals surface area contributed by atoms with E-state index in [1.54, 1.807) is 11.3 Å². The predicted octanol–water partition coefficient (Wildman–Crippen LogP) is 3.69. The molecule has 4 heteroatoms. The molecule has 0 saturated heterocycles. The van der Waals surface area contributed by atoms with Gasteiger partial charge in [0.25, 0.3) is 0 Å². The predicted molar refractivity (Wildman–Crippen MR) is 82.5 cm³/mol. The van der Waals surface area contributed by atoms with E-state index in [1.165, 1.54) is 23.3 Å². The second kappa shape index (κ2) is 5.94. The zero-order valence-electron chi connectivity index (χ0n) is 11.9. The first-order valence-electron chi connectivity index (χ1n) is 7.18. The molecule has 1 atom stereocenters. The van der Waals surface area contributed by atoms with Crippen LogP contribution in [0.4, 0.5) is 0 Å². The molecule has 0 amide bonds. The van der Waals surface area contributed by atoms with Crippen LogP contribution >= 0.6 is 11.3 Å². The Morgan fingerprint density at radius 1 is 1.35 bits per heavy atom. The summed E-state index contributed by atoms with van der Waals surface area (Å²) in [7, 11) is 0. The van der Waals surface area contributed by atoms with Crippen molar-refractivity contribution in [2.75, 3.05) is 6.54 Å². The molecule has 1 heterocycles. The highest BCUT2D eigenvalue weighted by atomic mass is 32.1. The first-order chi connectivity index (χ1) is 9.76. The molecule has 2 aromatic rings. The van der Waals surface area contributed by atoms with Crippen molar-refractivity contribution >= 4 is 11.3 Å². The van der Waals surface area contributed by atoms with Gasteiger partial charge in [-0.2, -0.15) is 0 Å². The van der Waals surface area contributed by atoms with Gasteiger partial charge in [0.05, 0.1) is 17.2 Å². The molecule has 0 spiro atoms. The maximum Gasteiger partial charge on any atom is 0.119 e. The van der Waals surface area contributed by atoms with Crippen molar-refractivity contribution in [3.8, 4) is 5.75 Å². The van der Waals surface area contributed by atoms with E-state index in [9.17, 15) is 0 Å². The first kappa shape index (κ1) is 13.6. The van der Waals surface area contributed by atoms with Gasteiger partial charge in [0, 0.05) is 11.1 Å². The molecule has 3 rings (SSSR count). The van der Waals surface area contributed by atoms with Gasteiger partial charge in [-0.1, -0.05) is 19.1 Å². The van der Waals surface area contributed by atoms with E-state index >= 15 is 0 Å². The number of aryl methyl sites for hydroxylation is 1. The van der Waals surface area contributed by atoms with Gasteiger partial charge in [-0.05, 0) is 44.0 Å². The Morgan fingerprint density at radius 3 is 2.65 bits per heavy atom. The monoisotopic (exact) mass is 288 g/mol. The lowest BCUT2D eigenvalue weighted by Crippen LogP contribution is -2.21. The zero-order valence-corrected chi connectivity index (χ0v) is 12.7. The van der Waals surface area contributed by atoms with Crippen molar-refractivity contribution in [3.63, 3.8) is 0 Å². The number of nitrogens with zero attached hydrogens (tertiary/aromatic N) is 1. The van der Waals surface area contributed by atoms with Gasteiger partial charge in [-0.25, -0.2) is 4.98 Å². The van der Waals surface area contributed by atoms with E-state index in [2.05, 4.69) is 41.5 Å². The molecule has 0 bridgehead atoms. The number of benzene rings is 1.